The minimum Gasteiger partial charge on any atom is -0.194 e. The Hall–Kier alpha value is 0.0700. The fraction of sp³-hybridized carbons (Fsp3) is 1.00. The molecule has 1 unspecified atom stereocenters. The zero-order valence-electron chi connectivity index (χ0n) is 5.20. The van der Waals surface area contributed by atoms with Crippen molar-refractivity contribution in [1.82, 2.24) is 0 Å². The van der Waals surface area contributed by atoms with Gasteiger partial charge in [-0.05, 0) is 11.8 Å². The summed E-state index contributed by atoms with van der Waals surface area (Å²) in [7, 11) is 0. The topological polar surface area (TPSA) is 0 Å². The lowest BCUT2D eigenvalue weighted by atomic mass is 10.1. The molecule has 0 saturated carbocycles. The lowest BCUT2D eigenvalue weighted by molar-refractivity contribution is 0.0340. The summed E-state index contributed by atoms with van der Waals surface area (Å²) in [4.78, 5) is 0. The molecular weight excluding hydrogens is 168 g/mol. The Kier molecular flexibility index (Phi) is 1.66. The SMILES string of the molecule is CC1CC(F)(F)SC1(F)F. The second kappa shape index (κ2) is 2.03. The third kappa shape index (κ3) is 1.38. The van der Waals surface area contributed by atoms with Crippen LogP contribution in [0, 0.1) is 5.92 Å². The van der Waals surface area contributed by atoms with E-state index in [1.807, 2.05) is 0 Å². The van der Waals surface area contributed by atoms with E-state index in [0.29, 0.717) is 0 Å². The van der Waals surface area contributed by atoms with Crippen molar-refractivity contribution in [1.29, 1.82) is 0 Å². The molecule has 10 heavy (non-hydrogen) atoms. The second-order valence-corrected chi connectivity index (χ2v) is 3.75. The maximum absolute atomic E-state index is 12.3. The van der Waals surface area contributed by atoms with E-state index in [1.165, 1.54) is 0 Å². The summed E-state index contributed by atoms with van der Waals surface area (Å²) in [5.41, 5.74) is 0. The van der Waals surface area contributed by atoms with Crippen LogP contribution in [-0.4, -0.2) is 10.5 Å². The van der Waals surface area contributed by atoms with E-state index in [9.17, 15) is 17.6 Å². The second-order valence-electron chi connectivity index (χ2n) is 2.41. The van der Waals surface area contributed by atoms with Gasteiger partial charge in [-0.25, -0.2) is 0 Å². The molecule has 0 radical (unpaired) electrons. The van der Waals surface area contributed by atoms with Crippen molar-refractivity contribution in [3.8, 4) is 0 Å². The molecule has 0 aromatic rings. The molecule has 60 valence electrons. The van der Waals surface area contributed by atoms with Crippen LogP contribution >= 0.6 is 11.8 Å². The Balaban J connectivity index is 2.71. The minimum atomic E-state index is -3.25. The first-order valence-electron chi connectivity index (χ1n) is 2.79. The first kappa shape index (κ1) is 8.17. The van der Waals surface area contributed by atoms with E-state index >= 15 is 0 Å². The Morgan fingerprint density at radius 2 is 1.80 bits per heavy atom. The zero-order chi connectivity index (χ0) is 7.99. The predicted octanol–water partition coefficient (Wildman–Crippen LogP) is 2.95. The summed E-state index contributed by atoms with van der Waals surface area (Å²) < 4.78 is 49.0. The van der Waals surface area contributed by atoms with Crippen molar-refractivity contribution >= 4 is 11.8 Å². The van der Waals surface area contributed by atoms with E-state index < -0.39 is 34.6 Å². The van der Waals surface area contributed by atoms with E-state index in [4.69, 9.17) is 0 Å². The van der Waals surface area contributed by atoms with Crippen molar-refractivity contribution in [2.24, 2.45) is 5.92 Å². The van der Waals surface area contributed by atoms with Gasteiger partial charge in [-0.3, -0.25) is 0 Å². The van der Waals surface area contributed by atoms with Gasteiger partial charge in [-0.15, -0.1) is 0 Å². The van der Waals surface area contributed by atoms with Gasteiger partial charge in [0.1, 0.15) is 0 Å². The monoisotopic (exact) mass is 174 g/mol. The fourth-order valence-electron chi connectivity index (χ4n) is 0.817. The first-order chi connectivity index (χ1) is 4.33. The van der Waals surface area contributed by atoms with Gasteiger partial charge in [-0.1, -0.05) is 6.92 Å². The summed E-state index contributed by atoms with van der Waals surface area (Å²) in [6.45, 7) is 1.13. The Morgan fingerprint density at radius 3 is 1.90 bits per heavy atom. The number of rotatable bonds is 0. The van der Waals surface area contributed by atoms with E-state index in [-0.39, 0.29) is 0 Å². The van der Waals surface area contributed by atoms with E-state index in [1.54, 1.807) is 0 Å². The van der Waals surface area contributed by atoms with Crippen molar-refractivity contribution < 1.29 is 17.6 Å². The van der Waals surface area contributed by atoms with Gasteiger partial charge in [0, 0.05) is 12.3 Å². The van der Waals surface area contributed by atoms with Crippen molar-refractivity contribution in [2.45, 2.75) is 23.9 Å². The van der Waals surface area contributed by atoms with E-state index in [0.717, 1.165) is 6.92 Å². The highest BCUT2D eigenvalue weighted by atomic mass is 32.2. The zero-order valence-corrected chi connectivity index (χ0v) is 6.02. The molecule has 0 N–H and O–H groups in total. The van der Waals surface area contributed by atoms with Crippen LogP contribution in [0.2, 0.25) is 0 Å². The van der Waals surface area contributed by atoms with Crippen LogP contribution < -0.4 is 0 Å². The Morgan fingerprint density at radius 1 is 1.30 bits per heavy atom. The van der Waals surface area contributed by atoms with Crippen molar-refractivity contribution in [3.05, 3.63) is 0 Å². The quantitative estimate of drug-likeness (QED) is 0.509. The standard InChI is InChI=1S/C5H6F4S/c1-3-2-4(6,7)10-5(3,8)9/h3H,2H2,1H3. The normalized spacial score (nSPS) is 36.3. The van der Waals surface area contributed by atoms with Gasteiger partial charge in [0.05, 0.1) is 0 Å². The molecule has 1 heterocycles. The summed E-state index contributed by atoms with van der Waals surface area (Å²) in [5, 5.41) is -6.48. The van der Waals surface area contributed by atoms with Crippen LogP contribution in [0.4, 0.5) is 17.6 Å². The molecule has 1 fully saturated rings. The van der Waals surface area contributed by atoms with Crippen LogP contribution in [0.5, 0.6) is 0 Å². The molecule has 0 spiro atoms. The average molecular weight is 174 g/mol. The summed E-state index contributed by atoms with van der Waals surface area (Å²) in [6.07, 6.45) is -0.718. The highest BCUT2D eigenvalue weighted by molar-refractivity contribution is 8.01. The molecule has 1 aliphatic rings. The average Bonchev–Trinajstić information content (AvgIpc) is 1.73. The maximum atomic E-state index is 12.3. The lowest BCUT2D eigenvalue weighted by Crippen LogP contribution is -2.14. The Labute approximate surface area is 60.0 Å². The maximum Gasteiger partial charge on any atom is 0.301 e. The Bertz CT molecular complexity index is 145. The van der Waals surface area contributed by atoms with Crippen molar-refractivity contribution in [3.63, 3.8) is 0 Å². The number of halogens is 4. The highest BCUT2D eigenvalue weighted by Gasteiger charge is 2.57. The first-order valence-corrected chi connectivity index (χ1v) is 3.61. The molecule has 1 rings (SSSR count). The molecule has 5 heteroatoms. The molecule has 0 aliphatic carbocycles. The molecule has 0 aromatic heterocycles. The summed E-state index contributed by atoms with van der Waals surface area (Å²) in [5.74, 6) is -1.22. The smallest absolute Gasteiger partial charge is 0.194 e. The number of hydrogen-bond donors (Lipinski definition) is 0. The van der Waals surface area contributed by atoms with Crippen LogP contribution in [0.1, 0.15) is 13.3 Å². The molecule has 0 aromatic carbocycles. The van der Waals surface area contributed by atoms with Gasteiger partial charge in [-0.2, -0.15) is 17.6 Å². The van der Waals surface area contributed by atoms with Gasteiger partial charge in [0.15, 0.2) is 0 Å². The number of alkyl halides is 4. The highest BCUT2D eigenvalue weighted by Crippen LogP contribution is 2.57. The van der Waals surface area contributed by atoms with Gasteiger partial charge in [0.2, 0.25) is 0 Å². The third-order valence-electron chi connectivity index (χ3n) is 1.40. The number of hydrogen-bond acceptors (Lipinski definition) is 1. The molecule has 0 bridgehead atoms. The van der Waals surface area contributed by atoms with Crippen molar-refractivity contribution in [2.75, 3.05) is 0 Å². The van der Waals surface area contributed by atoms with Crippen LogP contribution in [0.25, 0.3) is 0 Å². The largest absolute Gasteiger partial charge is 0.301 e. The lowest BCUT2D eigenvalue weighted by Gasteiger charge is -2.10. The summed E-state index contributed by atoms with van der Waals surface area (Å²) in [6, 6.07) is 0. The van der Waals surface area contributed by atoms with Gasteiger partial charge >= 0.3 is 5.25 Å². The predicted molar refractivity (Wildman–Crippen MR) is 31.3 cm³/mol. The molecule has 1 atom stereocenters. The van der Waals surface area contributed by atoms with Crippen LogP contribution in [0.3, 0.4) is 0 Å². The van der Waals surface area contributed by atoms with Crippen LogP contribution in [0.15, 0.2) is 0 Å². The molecular formula is C5H6F4S. The summed E-state index contributed by atoms with van der Waals surface area (Å²) >= 11 is -0.534. The number of thioether (sulfide) groups is 1. The molecule has 0 nitrogen and oxygen atoms in total. The van der Waals surface area contributed by atoms with Gasteiger partial charge < -0.3 is 0 Å². The molecule has 0 amide bonds. The van der Waals surface area contributed by atoms with Crippen LogP contribution in [-0.2, 0) is 0 Å². The van der Waals surface area contributed by atoms with Gasteiger partial charge in [0.25, 0.3) is 5.25 Å². The molecule has 1 aliphatic heterocycles. The van der Waals surface area contributed by atoms with E-state index in [2.05, 4.69) is 0 Å². The fourth-order valence-corrected chi connectivity index (χ4v) is 1.83. The molecule has 1 saturated heterocycles. The third-order valence-corrected chi connectivity index (χ3v) is 2.54. The minimum absolute atomic E-state index is 0.534.